The molecule has 8 heteroatoms. The summed E-state index contributed by atoms with van der Waals surface area (Å²) in [5, 5.41) is 6.99. The Labute approximate surface area is 134 Å². The van der Waals surface area contributed by atoms with Crippen molar-refractivity contribution in [3.63, 3.8) is 0 Å². The fourth-order valence-electron chi connectivity index (χ4n) is 2.64. The number of hydrogen-bond donors (Lipinski definition) is 1. The lowest BCUT2D eigenvalue weighted by atomic mass is 10.2. The van der Waals surface area contributed by atoms with Crippen LogP contribution in [0.1, 0.15) is 12.7 Å². The minimum atomic E-state index is -0.216. The van der Waals surface area contributed by atoms with Gasteiger partial charge in [-0.3, -0.25) is 14.4 Å². The molecule has 1 saturated heterocycles. The second-order valence-electron chi connectivity index (χ2n) is 5.58. The molecule has 1 amide bonds. The monoisotopic (exact) mass is 319 g/mol. The van der Waals surface area contributed by atoms with Crippen LogP contribution in [0.5, 0.6) is 0 Å². The van der Waals surface area contributed by atoms with Gasteiger partial charge in [0.1, 0.15) is 18.4 Å². The predicted octanol–water partition coefficient (Wildman–Crippen LogP) is 0.277. The van der Waals surface area contributed by atoms with Crippen LogP contribution in [0.25, 0.3) is 0 Å². The molecule has 1 fully saturated rings. The fourth-order valence-corrected chi connectivity index (χ4v) is 2.64. The summed E-state index contributed by atoms with van der Waals surface area (Å²) in [5.41, 5.74) is 0. The summed E-state index contributed by atoms with van der Waals surface area (Å²) in [6.07, 6.45) is 4.78. The third-order valence-electron chi connectivity index (χ3n) is 3.97. The number of aromatic nitrogens is 3. The first kappa shape index (κ1) is 15.7. The zero-order valence-corrected chi connectivity index (χ0v) is 13.1. The van der Waals surface area contributed by atoms with Crippen LogP contribution in [0.4, 0.5) is 0 Å². The molecular weight excluding hydrogens is 298 g/mol. The molecule has 8 nitrogen and oxygen atoms in total. The molecule has 0 saturated carbocycles. The van der Waals surface area contributed by atoms with E-state index in [1.165, 1.54) is 6.33 Å². The number of rotatable bonds is 6. The molecule has 124 valence electrons. The lowest BCUT2D eigenvalue weighted by Gasteiger charge is -2.36. The molecule has 1 aliphatic rings. The molecule has 1 aliphatic heterocycles. The van der Waals surface area contributed by atoms with Gasteiger partial charge in [-0.2, -0.15) is 5.10 Å². The van der Waals surface area contributed by atoms with E-state index in [0.29, 0.717) is 26.2 Å². The maximum absolute atomic E-state index is 12.3. The smallest absolute Gasteiger partial charge is 0.237 e. The number of carbonyl (C=O) groups is 1. The predicted molar refractivity (Wildman–Crippen MR) is 81.4 cm³/mol. The zero-order valence-electron chi connectivity index (χ0n) is 13.1. The highest BCUT2D eigenvalue weighted by Crippen LogP contribution is 2.11. The van der Waals surface area contributed by atoms with Crippen LogP contribution in [-0.4, -0.2) is 57.4 Å². The van der Waals surface area contributed by atoms with E-state index in [4.69, 9.17) is 9.15 Å². The van der Waals surface area contributed by atoms with Crippen molar-refractivity contribution in [1.82, 2.24) is 25.0 Å². The van der Waals surface area contributed by atoms with Gasteiger partial charge in [-0.25, -0.2) is 4.98 Å². The molecule has 3 heterocycles. The van der Waals surface area contributed by atoms with Crippen LogP contribution in [0.3, 0.4) is 0 Å². The Balaban J connectivity index is 1.49. The first-order valence-corrected chi connectivity index (χ1v) is 7.70. The Hall–Kier alpha value is -2.19. The van der Waals surface area contributed by atoms with Crippen molar-refractivity contribution in [3.8, 4) is 0 Å². The summed E-state index contributed by atoms with van der Waals surface area (Å²) in [6, 6.07) is 3.43. The van der Waals surface area contributed by atoms with Gasteiger partial charge < -0.3 is 14.5 Å². The molecule has 3 rings (SSSR count). The number of morpholine rings is 1. The largest absolute Gasteiger partial charge is 0.467 e. The number of ether oxygens (including phenoxy) is 1. The van der Waals surface area contributed by atoms with E-state index in [1.54, 1.807) is 17.3 Å². The van der Waals surface area contributed by atoms with Gasteiger partial charge in [0.15, 0.2) is 0 Å². The average molecular weight is 319 g/mol. The van der Waals surface area contributed by atoms with E-state index < -0.39 is 0 Å². The van der Waals surface area contributed by atoms with E-state index in [9.17, 15) is 4.79 Å². The minimum absolute atomic E-state index is 0.00535. The van der Waals surface area contributed by atoms with E-state index in [0.717, 1.165) is 12.3 Å². The van der Waals surface area contributed by atoms with Crippen LogP contribution in [0.2, 0.25) is 0 Å². The third-order valence-corrected chi connectivity index (χ3v) is 3.97. The quantitative estimate of drug-likeness (QED) is 0.823. The number of furan rings is 1. The van der Waals surface area contributed by atoms with Crippen LogP contribution < -0.4 is 5.32 Å². The van der Waals surface area contributed by atoms with Crippen molar-refractivity contribution in [2.45, 2.75) is 32.2 Å². The van der Waals surface area contributed by atoms with Gasteiger partial charge in [-0.15, -0.1) is 0 Å². The molecule has 0 unspecified atom stereocenters. The van der Waals surface area contributed by atoms with Crippen LogP contribution in [0, 0.1) is 0 Å². The highest BCUT2D eigenvalue weighted by molar-refractivity contribution is 5.81. The van der Waals surface area contributed by atoms with E-state index >= 15 is 0 Å². The zero-order chi connectivity index (χ0) is 16.1. The second-order valence-corrected chi connectivity index (χ2v) is 5.58. The summed E-state index contributed by atoms with van der Waals surface area (Å²) in [4.78, 5) is 18.4. The van der Waals surface area contributed by atoms with E-state index in [1.807, 2.05) is 19.1 Å². The molecule has 0 spiro atoms. The Morgan fingerprint density at radius 1 is 1.57 bits per heavy atom. The molecule has 0 radical (unpaired) electrons. The van der Waals surface area contributed by atoms with Crippen LogP contribution in [0.15, 0.2) is 35.5 Å². The van der Waals surface area contributed by atoms with Gasteiger partial charge in [-0.1, -0.05) is 0 Å². The molecule has 0 aliphatic carbocycles. The number of nitrogens with zero attached hydrogens (tertiary/aromatic N) is 4. The fraction of sp³-hybridized carbons (Fsp3) is 0.533. The van der Waals surface area contributed by atoms with Gasteiger partial charge in [0.2, 0.25) is 5.91 Å². The first-order chi connectivity index (χ1) is 11.2. The SMILES string of the molecule is C[C@H](C(=O)NCc1ccco1)N1CCO[C@@H](Cn2cncn2)C1. The topological polar surface area (TPSA) is 85.4 Å². The minimum Gasteiger partial charge on any atom is -0.467 e. The Morgan fingerprint density at radius 2 is 2.48 bits per heavy atom. The van der Waals surface area contributed by atoms with Crippen molar-refractivity contribution in [2.75, 3.05) is 19.7 Å². The van der Waals surface area contributed by atoms with Gasteiger partial charge in [0.25, 0.3) is 0 Å². The van der Waals surface area contributed by atoms with Gasteiger partial charge >= 0.3 is 0 Å². The average Bonchev–Trinajstić information content (AvgIpc) is 3.25. The highest BCUT2D eigenvalue weighted by atomic mass is 16.5. The Kier molecular flexibility index (Phi) is 5.04. The molecular formula is C15H21N5O3. The van der Waals surface area contributed by atoms with Crippen LogP contribution in [-0.2, 0) is 22.6 Å². The molecule has 1 N–H and O–H groups in total. The van der Waals surface area contributed by atoms with Gasteiger partial charge in [0, 0.05) is 13.1 Å². The van der Waals surface area contributed by atoms with E-state index in [2.05, 4.69) is 20.3 Å². The van der Waals surface area contributed by atoms with Crippen molar-refractivity contribution in [1.29, 1.82) is 0 Å². The highest BCUT2D eigenvalue weighted by Gasteiger charge is 2.28. The molecule has 0 bridgehead atoms. The van der Waals surface area contributed by atoms with Crippen molar-refractivity contribution in [3.05, 3.63) is 36.8 Å². The molecule has 2 aromatic rings. The number of carbonyl (C=O) groups excluding carboxylic acids is 1. The van der Waals surface area contributed by atoms with E-state index in [-0.39, 0.29) is 18.1 Å². The molecule has 2 atom stereocenters. The van der Waals surface area contributed by atoms with Gasteiger partial charge in [0.05, 0.1) is 38.1 Å². The number of amides is 1. The summed E-state index contributed by atoms with van der Waals surface area (Å²) in [5.74, 6) is 0.736. The normalized spacial score (nSPS) is 20.3. The Bertz CT molecular complexity index is 599. The van der Waals surface area contributed by atoms with Gasteiger partial charge in [-0.05, 0) is 19.1 Å². The number of hydrogen-bond acceptors (Lipinski definition) is 6. The lowest BCUT2D eigenvalue weighted by molar-refractivity contribution is -0.129. The summed E-state index contributed by atoms with van der Waals surface area (Å²) in [7, 11) is 0. The number of nitrogens with one attached hydrogen (secondary N) is 1. The standard InChI is InChI=1S/C15H21N5O3/c1-12(15(21)17-7-13-3-2-5-22-13)19-4-6-23-14(8-19)9-20-11-16-10-18-20/h2-3,5,10-12,14H,4,6-9H2,1H3,(H,17,21)/t12-,14-/m1/s1. The molecule has 0 aromatic carbocycles. The molecule has 2 aromatic heterocycles. The van der Waals surface area contributed by atoms with Crippen molar-refractivity contribution >= 4 is 5.91 Å². The Morgan fingerprint density at radius 3 is 3.22 bits per heavy atom. The maximum atomic E-state index is 12.3. The van der Waals surface area contributed by atoms with Crippen molar-refractivity contribution < 1.29 is 13.9 Å². The third kappa shape index (κ3) is 4.17. The van der Waals surface area contributed by atoms with Crippen molar-refractivity contribution in [2.24, 2.45) is 0 Å². The first-order valence-electron chi connectivity index (χ1n) is 7.70. The molecule has 23 heavy (non-hydrogen) atoms. The summed E-state index contributed by atoms with van der Waals surface area (Å²) >= 11 is 0. The maximum Gasteiger partial charge on any atom is 0.237 e. The lowest BCUT2D eigenvalue weighted by Crippen LogP contribution is -2.52. The summed E-state index contributed by atoms with van der Waals surface area (Å²) in [6.45, 7) is 4.99. The van der Waals surface area contributed by atoms with Crippen LogP contribution >= 0.6 is 0 Å². The second kappa shape index (κ2) is 7.38. The summed E-state index contributed by atoms with van der Waals surface area (Å²) < 4.78 is 12.7.